The van der Waals surface area contributed by atoms with E-state index in [-0.39, 0.29) is 17.7 Å². The Bertz CT molecular complexity index is 533. The topological polar surface area (TPSA) is 59.1 Å². The first-order valence-electron chi connectivity index (χ1n) is 6.56. The molecule has 1 aliphatic heterocycles. The van der Waals surface area contributed by atoms with Crippen LogP contribution in [0.2, 0.25) is 0 Å². The molecule has 2 heterocycles. The van der Waals surface area contributed by atoms with Gasteiger partial charge in [0.2, 0.25) is 0 Å². The van der Waals surface area contributed by atoms with Crippen molar-refractivity contribution in [3.8, 4) is 0 Å². The highest BCUT2D eigenvalue weighted by molar-refractivity contribution is 9.10. The lowest BCUT2D eigenvalue weighted by Gasteiger charge is -2.24. The number of rotatable bonds is 5. The predicted octanol–water partition coefficient (Wildman–Crippen LogP) is 2.32. The van der Waals surface area contributed by atoms with Crippen LogP contribution in [-0.4, -0.2) is 31.5 Å². The van der Waals surface area contributed by atoms with Crippen LogP contribution in [0.5, 0.6) is 0 Å². The van der Waals surface area contributed by atoms with Crippen molar-refractivity contribution in [1.29, 1.82) is 0 Å². The smallest absolute Gasteiger partial charge is 0.150 e. The number of aromatic nitrogens is 1. The monoisotopic (exact) mass is 346 g/mol. The zero-order valence-corrected chi connectivity index (χ0v) is 13.4. The maximum absolute atomic E-state index is 11.7. The van der Waals surface area contributed by atoms with Gasteiger partial charge in [0, 0.05) is 22.9 Å². The molecule has 1 N–H and O–H groups in total. The second-order valence-corrected chi connectivity index (χ2v) is 8.18. The van der Waals surface area contributed by atoms with E-state index in [1.54, 1.807) is 6.20 Å². The molecule has 2 rings (SSSR count). The van der Waals surface area contributed by atoms with Crippen LogP contribution >= 0.6 is 15.9 Å². The van der Waals surface area contributed by atoms with Crippen LogP contribution in [-0.2, 0) is 9.84 Å². The van der Waals surface area contributed by atoms with Crippen molar-refractivity contribution in [2.24, 2.45) is 5.92 Å². The number of sulfone groups is 1. The molecular weight excluding hydrogens is 328 g/mol. The molecule has 1 fully saturated rings. The summed E-state index contributed by atoms with van der Waals surface area (Å²) in [5.74, 6) is 0.734. The molecule has 1 saturated heterocycles. The van der Waals surface area contributed by atoms with E-state index in [0.717, 1.165) is 29.4 Å². The lowest BCUT2D eigenvalue weighted by molar-refractivity contribution is 0.392. The van der Waals surface area contributed by atoms with Gasteiger partial charge >= 0.3 is 0 Å². The second kappa shape index (κ2) is 6.33. The van der Waals surface area contributed by atoms with E-state index in [9.17, 15) is 8.42 Å². The molecule has 0 amide bonds. The Morgan fingerprint density at radius 3 is 2.89 bits per heavy atom. The highest BCUT2D eigenvalue weighted by Gasteiger charge is 2.34. The minimum Gasteiger partial charge on any atom is -0.310 e. The van der Waals surface area contributed by atoms with Gasteiger partial charge in [-0.3, -0.25) is 4.98 Å². The highest BCUT2D eigenvalue weighted by Crippen LogP contribution is 2.32. The summed E-state index contributed by atoms with van der Waals surface area (Å²) in [6, 6.07) is 2.09. The fraction of sp³-hybridized carbons (Fsp3) is 0.615. The van der Waals surface area contributed by atoms with E-state index in [4.69, 9.17) is 0 Å². The highest BCUT2D eigenvalue weighted by atomic mass is 79.9. The average Bonchev–Trinajstić information content (AvgIpc) is 2.70. The molecule has 4 nitrogen and oxygen atoms in total. The van der Waals surface area contributed by atoms with Crippen molar-refractivity contribution >= 4 is 25.8 Å². The zero-order valence-electron chi connectivity index (χ0n) is 11.0. The maximum Gasteiger partial charge on any atom is 0.150 e. The molecule has 1 aliphatic rings. The fourth-order valence-electron chi connectivity index (χ4n) is 2.54. The van der Waals surface area contributed by atoms with Crippen molar-refractivity contribution in [3.63, 3.8) is 0 Å². The van der Waals surface area contributed by atoms with E-state index in [1.807, 2.05) is 12.3 Å². The largest absolute Gasteiger partial charge is 0.310 e. The summed E-state index contributed by atoms with van der Waals surface area (Å²) < 4.78 is 24.3. The Kier molecular flexibility index (Phi) is 4.97. The van der Waals surface area contributed by atoms with Gasteiger partial charge in [-0.15, -0.1) is 0 Å². The number of nitrogens with one attached hydrogen (secondary N) is 1. The van der Waals surface area contributed by atoms with Crippen LogP contribution < -0.4 is 5.32 Å². The fourth-order valence-corrected chi connectivity index (χ4v) is 4.76. The summed E-state index contributed by atoms with van der Waals surface area (Å²) in [4.78, 5) is 4.18. The Labute approximate surface area is 123 Å². The molecule has 0 radical (unpaired) electrons. The summed E-state index contributed by atoms with van der Waals surface area (Å²) in [6.45, 7) is 2.99. The Morgan fingerprint density at radius 2 is 2.32 bits per heavy atom. The minimum absolute atomic E-state index is 0.0715. The average molecular weight is 347 g/mol. The predicted molar refractivity (Wildman–Crippen MR) is 79.7 cm³/mol. The van der Waals surface area contributed by atoms with Crippen LogP contribution in [0.25, 0.3) is 0 Å². The molecule has 106 valence electrons. The van der Waals surface area contributed by atoms with Crippen LogP contribution in [0, 0.1) is 5.92 Å². The maximum atomic E-state index is 11.7. The van der Waals surface area contributed by atoms with Crippen molar-refractivity contribution in [2.75, 3.05) is 18.1 Å². The summed E-state index contributed by atoms with van der Waals surface area (Å²) in [5, 5.41) is 3.47. The molecule has 0 saturated carbocycles. The molecule has 6 heteroatoms. The summed E-state index contributed by atoms with van der Waals surface area (Å²) >= 11 is 3.42. The molecule has 1 aromatic heterocycles. The molecule has 1 aromatic rings. The molecule has 19 heavy (non-hydrogen) atoms. The van der Waals surface area contributed by atoms with Gasteiger partial charge in [-0.2, -0.15) is 0 Å². The number of hydrogen-bond donors (Lipinski definition) is 1. The number of pyridine rings is 1. The van der Waals surface area contributed by atoms with Crippen molar-refractivity contribution in [3.05, 3.63) is 28.5 Å². The van der Waals surface area contributed by atoms with Crippen LogP contribution in [0.15, 0.2) is 22.9 Å². The van der Waals surface area contributed by atoms with Crippen LogP contribution in [0.1, 0.15) is 31.4 Å². The van der Waals surface area contributed by atoms with E-state index in [1.165, 1.54) is 0 Å². The van der Waals surface area contributed by atoms with Crippen molar-refractivity contribution in [1.82, 2.24) is 10.3 Å². The lowest BCUT2D eigenvalue weighted by Crippen LogP contribution is -2.30. The summed E-state index contributed by atoms with van der Waals surface area (Å²) in [7, 11) is -2.86. The molecule has 0 bridgehead atoms. The summed E-state index contributed by atoms with van der Waals surface area (Å²) in [5.41, 5.74) is 1.06. The van der Waals surface area contributed by atoms with E-state index >= 15 is 0 Å². The van der Waals surface area contributed by atoms with Crippen LogP contribution in [0.4, 0.5) is 0 Å². The summed E-state index contributed by atoms with van der Waals surface area (Å²) in [6.07, 6.45) is 5.32. The third-order valence-corrected chi connectivity index (χ3v) is 5.67. The van der Waals surface area contributed by atoms with Gasteiger partial charge in [-0.1, -0.05) is 6.92 Å². The minimum atomic E-state index is -2.86. The SMILES string of the molecule is CCCNC(c1cncc(Br)c1)C1CCS(=O)(=O)C1. The normalized spacial score (nSPS) is 23.4. The first-order valence-corrected chi connectivity index (χ1v) is 9.17. The van der Waals surface area contributed by atoms with Crippen molar-refractivity contribution < 1.29 is 8.42 Å². The standard InChI is InChI=1S/C13H19BrN2O2S/c1-2-4-16-13(10-3-5-19(17,18)9-10)11-6-12(14)8-15-7-11/h6-8,10,13,16H,2-5,9H2,1H3. The first-order chi connectivity index (χ1) is 9.02. The second-order valence-electron chi connectivity index (χ2n) is 5.03. The van der Waals surface area contributed by atoms with E-state index in [2.05, 4.69) is 33.2 Å². The van der Waals surface area contributed by atoms with E-state index in [0.29, 0.717) is 5.75 Å². The van der Waals surface area contributed by atoms with Crippen LogP contribution in [0.3, 0.4) is 0 Å². The number of halogens is 1. The Balaban J connectivity index is 2.21. The third-order valence-electron chi connectivity index (χ3n) is 3.44. The first kappa shape index (κ1) is 14.9. The van der Waals surface area contributed by atoms with Crippen molar-refractivity contribution in [2.45, 2.75) is 25.8 Å². The molecule has 0 aromatic carbocycles. The Hall–Kier alpha value is -0.460. The third kappa shape index (κ3) is 4.00. The molecule has 2 atom stereocenters. The number of nitrogens with zero attached hydrogens (tertiary/aromatic N) is 1. The quantitative estimate of drug-likeness (QED) is 0.888. The zero-order chi connectivity index (χ0) is 13.9. The molecule has 2 unspecified atom stereocenters. The van der Waals surface area contributed by atoms with E-state index < -0.39 is 9.84 Å². The van der Waals surface area contributed by atoms with Gasteiger partial charge in [-0.05, 0) is 52.9 Å². The molecule has 0 aliphatic carbocycles. The van der Waals surface area contributed by atoms with Gasteiger partial charge in [0.1, 0.15) is 0 Å². The van der Waals surface area contributed by atoms with Gasteiger partial charge in [0.05, 0.1) is 11.5 Å². The molecular formula is C13H19BrN2O2S. The molecule has 0 spiro atoms. The van der Waals surface area contributed by atoms with Gasteiger partial charge in [0.25, 0.3) is 0 Å². The van der Waals surface area contributed by atoms with Gasteiger partial charge < -0.3 is 5.32 Å². The van der Waals surface area contributed by atoms with Gasteiger partial charge in [0.15, 0.2) is 9.84 Å². The Morgan fingerprint density at radius 1 is 1.53 bits per heavy atom. The number of hydrogen-bond acceptors (Lipinski definition) is 4. The van der Waals surface area contributed by atoms with Gasteiger partial charge in [-0.25, -0.2) is 8.42 Å². The lowest BCUT2D eigenvalue weighted by atomic mass is 9.93.